The van der Waals surface area contributed by atoms with Gasteiger partial charge in [-0.15, -0.1) is 0 Å². The van der Waals surface area contributed by atoms with Crippen LogP contribution in [0.3, 0.4) is 0 Å². The summed E-state index contributed by atoms with van der Waals surface area (Å²) in [4.78, 5) is 24.8. The van der Waals surface area contributed by atoms with Crippen molar-refractivity contribution in [3.8, 4) is 17.2 Å². The molecular formula is C25H25N3O5. The van der Waals surface area contributed by atoms with Crippen molar-refractivity contribution in [2.45, 2.75) is 6.92 Å². The quantitative estimate of drug-likeness (QED) is 0.401. The van der Waals surface area contributed by atoms with Crippen molar-refractivity contribution in [1.82, 2.24) is 5.43 Å². The maximum Gasteiger partial charge on any atom is 0.271 e. The number of carbonyl (C=O) groups excluding carboxylic acids is 2. The van der Waals surface area contributed by atoms with Gasteiger partial charge in [0.1, 0.15) is 0 Å². The standard InChI is InChI=1S/C25H25N3O5/c1-16-6-5-7-19(12-16)24(29)27-20-10-8-18(9-11-20)25(30)28-26-15-17-13-21(31-2)23(33-4)22(14-17)32-3/h5-15H,1-4H3,(H,27,29)(H,28,30). The number of ether oxygens (including phenoxy) is 3. The molecule has 3 aromatic rings. The summed E-state index contributed by atoms with van der Waals surface area (Å²) in [5.74, 6) is 0.817. The monoisotopic (exact) mass is 447 g/mol. The van der Waals surface area contributed by atoms with Crippen molar-refractivity contribution in [3.63, 3.8) is 0 Å². The van der Waals surface area contributed by atoms with Crippen LogP contribution in [-0.2, 0) is 0 Å². The molecule has 0 unspecified atom stereocenters. The number of nitrogens with zero attached hydrogens (tertiary/aromatic N) is 1. The number of anilines is 1. The van der Waals surface area contributed by atoms with Crippen molar-refractivity contribution in [2.24, 2.45) is 5.10 Å². The molecule has 0 radical (unpaired) electrons. The van der Waals surface area contributed by atoms with E-state index in [-0.39, 0.29) is 5.91 Å². The largest absolute Gasteiger partial charge is 0.493 e. The van der Waals surface area contributed by atoms with Gasteiger partial charge in [0.25, 0.3) is 11.8 Å². The van der Waals surface area contributed by atoms with Crippen LogP contribution in [0.25, 0.3) is 0 Å². The molecular weight excluding hydrogens is 422 g/mol. The number of aryl methyl sites for hydroxylation is 1. The molecule has 0 fully saturated rings. The highest BCUT2D eigenvalue weighted by atomic mass is 16.5. The second-order valence-electron chi connectivity index (χ2n) is 7.06. The molecule has 3 rings (SSSR count). The summed E-state index contributed by atoms with van der Waals surface area (Å²) in [6.45, 7) is 1.92. The Balaban J connectivity index is 1.63. The molecule has 0 saturated heterocycles. The number of hydrazone groups is 1. The fraction of sp³-hybridized carbons (Fsp3) is 0.160. The second kappa shape index (κ2) is 10.8. The Bertz CT molecular complexity index is 1150. The van der Waals surface area contributed by atoms with Crippen LogP contribution in [0.1, 0.15) is 31.8 Å². The van der Waals surface area contributed by atoms with Crippen LogP contribution >= 0.6 is 0 Å². The number of hydrogen-bond acceptors (Lipinski definition) is 6. The lowest BCUT2D eigenvalue weighted by Gasteiger charge is -2.12. The Morgan fingerprint density at radius 2 is 1.48 bits per heavy atom. The molecule has 2 N–H and O–H groups in total. The van der Waals surface area contributed by atoms with Crippen LogP contribution in [0, 0.1) is 6.92 Å². The zero-order valence-corrected chi connectivity index (χ0v) is 18.8. The van der Waals surface area contributed by atoms with Crippen molar-refractivity contribution < 1.29 is 23.8 Å². The van der Waals surface area contributed by atoms with Gasteiger partial charge in [-0.05, 0) is 55.5 Å². The summed E-state index contributed by atoms with van der Waals surface area (Å²) in [5.41, 5.74) is 5.67. The lowest BCUT2D eigenvalue weighted by Crippen LogP contribution is -2.18. The van der Waals surface area contributed by atoms with Crippen LogP contribution < -0.4 is 25.0 Å². The van der Waals surface area contributed by atoms with Gasteiger partial charge in [-0.25, -0.2) is 5.43 Å². The third-order valence-corrected chi connectivity index (χ3v) is 4.75. The van der Waals surface area contributed by atoms with E-state index < -0.39 is 5.91 Å². The average Bonchev–Trinajstić information content (AvgIpc) is 2.83. The SMILES string of the molecule is COc1cc(C=NNC(=O)c2ccc(NC(=O)c3cccc(C)c3)cc2)cc(OC)c1OC. The van der Waals surface area contributed by atoms with E-state index in [2.05, 4.69) is 15.8 Å². The van der Waals surface area contributed by atoms with Gasteiger partial charge in [0.15, 0.2) is 11.5 Å². The lowest BCUT2D eigenvalue weighted by atomic mass is 10.1. The number of hydrogen-bond donors (Lipinski definition) is 2. The van der Waals surface area contributed by atoms with Gasteiger partial charge in [0.2, 0.25) is 5.75 Å². The van der Waals surface area contributed by atoms with E-state index in [4.69, 9.17) is 14.2 Å². The first-order valence-corrected chi connectivity index (χ1v) is 10.1. The fourth-order valence-electron chi connectivity index (χ4n) is 3.10. The molecule has 33 heavy (non-hydrogen) atoms. The van der Waals surface area contributed by atoms with Crippen LogP contribution in [0.5, 0.6) is 17.2 Å². The van der Waals surface area contributed by atoms with E-state index in [0.717, 1.165) is 5.56 Å². The summed E-state index contributed by atoms with van der Waals surface area (Å²) >= 11 is 0. The van der Waals surface area contributed by atoms with Crippen molar-refractivity contribution in [1.29, 1.82) is 0 Å². The maximum atomic E-state index is 12.4. The van der Waals surface area contributed by atoms with Crippen LogP contribution in [0.4, 0.5) is 5.69 Å². The van der Waals surface area contributed by atoms with E-state index >= 15 is 0 Å². The number of methoxy groups -OCH3 is 3. The molecule has 0 aliphatic rings. The van der Waals surface area contributed by atoms with Gasteiger partial charge in [0, 0.05) is 22.4 Å². The first-order valence-electron chi connectivity index (χ1n) is 10.1. The molecule has 0 atom stereocenters. The first kappa shape index (κ1) is 23.3. The first-order chi connectivity index (χ1) is 15.9. The zero-order chi connectivity index (χ0) is 23.8. The highest BCUT2D eigenvalue weighted by Crippen LogP contribution is 2.37. The molecule has 0 saturated carbocycles. The zero-order valence-electron chi connectivity index (χ0n) is 18.8. The summed E-state index contributed by atoms with van der Waals surface area (Å²) < 4.78 is 15.9. The van der Waals surface area contributed by atoms with Crippen LogP contribution in [0.2, 0.25) is 0 Å². The molecule has 170 valence electrons. The van der Waals surface area contributed by atoms with E-state index in [1.54, 1.807) is 42.5 Å². The van der Waals surface area contributed by atoms with Crippen molar-refractivity contribution in [3.05, 3.63) is 82.9 Å². The molecule has 0 aromatic heterocycles. The smallest absolute Gasteiger partial charge is 0.271 e. The highest BCUT2D eigenvalue weighted by Gasteiger charge is 2.12. The molecule has 0 heterocycles. The molecule has 0 aliphatic carbocycles. The molecule has 8 nitrogen and oxygen atoms in total. The third kappa shape index (κ3) is 5.88. The minimum Gasteiger partial charge on any atom is -0.493 e. The number of nitrogens with one attached hydrogen (secondary N) is 2. The number of amides is 2. The van der Waals surface area contributed by atoms with E-state index in [9.17, 15) is 9.59 Å². The van der Waals surface area contributed by atoms with Gasteiger partial charge < -0.3 is 19.5 Å². The van der Waals surface area contributed by atoms with Crippen LogP contribution in [0.15, 0.2) is 65.8 Å². The number of benzene rings is 3. The minimum atomic E-state index is -0.393. The molecule has 0 bridgehead atoms. The van der Waals surface area contributed by atoms with E-state index in [1.807, 2.05) is 25.1 Å². The fourth-order valence-corrected chi connectivity index (χ4v) is 3.10. The number of carbonyl (C=O) groups is 2. The Kier molecular flexibility index (Phi) is 7.64. The minimum absolute atomic E-state index is 0.217. The summed E-state index contributed by atoms with van der Waals surface area (Å²) in [5, 5.41) is 6.81. The van der Waals surface area contributed by atoms with Gasteiger partial charge in [-0.1, -0.05) is 17.7 Å². The van der Waals surface area contributed by atoms with Gasteiger partial charge in [-0.3, -0.25) is 9.59 Å². The molecule has 0 spiro atoms. The highest BCUT2D eigenvalue weighted by molar-refractivity contribution is 6.04. The normalized spacial score (nSPS) is 10.5. The van der Waals surface area contributed by atoms with E-state index in [0.29, 0.717) is 39.6 Å². The average molecular weight is 447 g/mol. The van der Waals surface area contributed by atoms with Gasteiger partial charge in [-0.2, -0.15) is 5.10 Å². The Labute approximate surface area is 192 Å². The molecule has 0 aliphatic heterocycles. The van der Waals surface area contributed by atoms with Gasteiger partial charge in [0.05, 0.1) is 27.5 Å². The van der Waals surface area contributed by atoms with E-state index in [1.165, 1.54) is 27.5 Å². The second-order valence-corrected chi connectivity index (χ2v) is 7.06. The van der Waals surface area contributed by atoms with Crippen LogP contribution in [-0.4, -0.2) is 39.4 Å². The third-order valence-electron chi connectivity index (χ3n) is 4.75. The number of rotatable bonds is 8. The van der Waals surface area contributed by atoms with Crippen molar-refractivity contribution in [2.75, 3.05) is 26.6 Å². The molecule has 8 heteroatoms. The predicted molar refractivity (Wildman–Crippen MR) is 127 cm³/mol. The summed E-state index contributed by atoms with van der Waals surface area (Å²) in [7, 11) is 4.56. The Hall–Kier alpha value is -4.33. The summed E-state index contributed by atoms with van der Waals surface area (Å²) in [6.07, 6.45) is 1.47. The Morgan fingerprint density at radius 1 is 0.818 bits per heavy atom. The molecule has 2 amide bonds. The van der Waals surface area contributed by atoms with Gasteiger partial charge >= 0.3 is 0 Å². The van der Waals surface area contributed by atoms with Crippen molar-refractivity contribution >= 4 is 23.7 Å². The molecule has 3 aromatic carbocycles. The summed E-state index contributed by atoms with van der Waals surface area (Å²) in [6, 6.07) is 17.3. The maximum absolute atomic E-state index is 12.4. The topological polar surface area (TPSA) is 98.2 Å². The lowest BCUT2D eigenvalue weighted by molar-refractivity contribution is 0.0954. The predicted octanol–water partition coefficient (Wildman–Crippen LogP) is 4.04. The Morgan fingerprint density at radius 3 is 2.06 bits per heavy atom.